The third kappa shape index (κ3) is 4.04. The summed E-state index contributed by atoms with van der Waals surface area (Å²) in [6.45, 7) is 5.37. The summed E-state index contributed by atoms with van der Waals surface area (Å²) >= 11 is 0. The molecule has 1 heterocycles. The molecule has 18 heavy (non-hydrogen) atoms. The van der Waals surface area contributed by atoms with Crippen molar-refractivity contribution in [2.45, 2.75) is 32.7 Å². The van der Waals surface area contributed by atoms with Gasteiger partial charge in [-0.25, -0.2) is 4.79 Å². The zero-order valence-electron chi connectivity index (χ0n) is 10.6. The molecule has 0 radical (unpaired) electrons. The highest BCUT2D eigenvalue weighted by atomic mass is 16.4. The predicted molar refractivity (Wildman–Crippen MR) is 62.5 cm³/mol. The molecule has 1 rings (SSSR count). The van der Waals surface area contributed by atoms with Crippen molar-refractivity contribution < 1.29 is 14.0 Å². The maximum atomic E-state index is 11.4. The molecule has 0 aromatic carbocycles. The highest BCUT2D eigenvalue weighted by Crippen LogP contribution is 2.16. The van der Waals surface area contributed by atoms with Crippen molar-refractivity contribution in [3.05, 3.63) is 11.8 Å². The van der Waals surface area contributed by atoms with Gasteiger partial charge in [0.1, 0.15) is 6.04 Å². The molecule has 0 aliphatic heterocycles. The van der Waals surface area contributed by atoms with Gasteiger partial charge in [0.25, 0.3) is 0 Å². The fourth-order valence-corrected chi connectivity index (χ4v) is 1.18. The molecule has 1 atom stereocenters. The largest absolute Gasteiger partial charge is 0.423 e. The molecule has 0 aliphatic rings. The number of urea groups is 1. The van der Waals surface area contributed by atoms with E-state index >= 15 is 0 Å². The van der Waals surface area contributed by atoms with E-state index in [9.17, 15) is 9.59 Å². The molecule has 3 amide bonds. The number of nitrogens with zero attached hydrogens (tertiary/aromatic N) is 2. The van der Waals surface area contributed by atoms with Crippen molar-refractivity contribution >= 4 is 11.9 Å². The van der Waals surface area contributed by atoms with Crippen LogP contribution in [0, 0.1) is 0 Å². The van der Waals surface area contributed by atoms with Crippen LogP contribution in [0.5, 0.6) is 0 Å². The lowest BCUT2D eigenvalue weighted by molar-refractivity contribution is -0.120. The lowest BCUT2D eigenvalue weighted by Crippen LogP contribution is -2.40. The van der Waals surface area contributed by atoms with Crippen molar-refractivity contribution in [2.24, 2.45) is 5.73 Å². The number of carbonyl (C=O) groups excluding carboxylic acids is 2. The maximum absolute atomic E-state index is 11.4. The lowest BCUT2D eigenvalue weighted by atomic mass is 10.2. The smallest absolute Gasteiger partial charge is 0.312 e. The van der Waals surface area contributed by atoms with Gasteiger partial charge in [-0.05, 0) is 6.92 Å². The Hall–Kier alpha value is -2.12. The van der Waals surface area contributed by atoms with Crippen LogP contribution in [0.4, 0.5) is 4.79 Å². The van der Waals surface area contributed by atoms with Gasteiger partial charge in [0.15, 0.2) is 0 Å². The molecular weight excluding hydrogens is 238 g/mol. The molecule has 0 saturated heterocycles. The maximum Gasteiger partial charge on any atom is 0.312 e. The summed E-state index contributed by atoms with van der Waals surface area (Å²) in [5, 5.41) is 12.5. The molecule has 0 bridgehead atoms. The zero-order chi connectivity index (χ0) is 13.7. The van der Waals surface area contributed by atoms with Gasteiger partial charge in [-0.15, -0.1) is 10.2 Å². The first-order chi connectivity index (χ1) is 8.40. The van der Waals surface area contributed by atoms with Gasteiger partial charge in [0.2, 0.25) is 17.7 Å². The van der Waals surface area contributed by atoms with Crippen molar-refractivity contribution in [1.29, 1.82) is 0 Å². The molecule has 100 valence electrons. The van der Waals surface area contributed by atoms with Gasteiger partial charge in [-0.1, -0.05) is 13.8 Å². The minimum Gasteiger partial charge on any atom is -0.423 e. The summed E-state index contributed by atoms with van der Waals surface area (Å²) in [5.74, 6) is 0.587. The van der Waals surface area contributed by atoms with Crippen LogP contribution in [0.2, 0.25) is 0 Å². The van der Waals surface area contributed by atoms with Crippen LogP contribution in [-0.4, -0.2) is 28.7 Å². The number of nitrogens with one attached hydrogen (secondary N) is 2. The first-order valence-electron chi connectivity index (χ1n) is 5.56. The normalized spacial score (nSPS) is 12.2. The molecule has 8 nitrogen and oxygen atoms in total. The highest BCUT2D eigenvalue weighted by molar-refractivity contribution is 5.83. The van der Waals surface area contributed by atoms with Gasteiger partial charge in [0, 0.05) is 5.92 Å². The van der Waals surface area contributed by atoms with Gasteiger partial charge in [-0.3, -0.25) is 4.79 Å². The number of hydrogen-bond acceptors (Lipinski definition) is 5. The van der Waals surface area contributed by atoms with Crippen molar-refractivity contribution in [1.82, 2.24) is 20.8 Å². The van der Waals surface area contributed by atoms with E-state index in [2.05, 4.69) is 20.8 Å². The summed E-state index contributed by atoms with van der Waals surface area (Å²) < 4.78 is 5.38. The molecule has 1 aromatic heterocycles. The number of carbonyl (C=O) groups is 2. The summed E-state index contributed by atoms with van der Waals surface area (Å²) in [7, 11) is 0. The molecule has 0 aliphatic carbocycles. The summed E-state index contributed by atoms with van der Waals surface area (Å²) in [6.07, 6.45) is 0. The zero-order valence-corrected chi connectivity index (χ0v) is 10.6. The lowest BCUT2D eigenvalue weighted by Gasteiger charge is -2.09. The average Bonchev–Trinajstić information content (AvgIpc) is 2.75. The summed E-state index contributed by atoms with van der Waals surface area (Å²) in [6, 6.07) is -1.18. The van der Waals surface area contributed by atoms with Gasteiger partial charge >= 0.3 is 6.03 Å². The Balaban J connectivity index is 2.51. The predicted octanol–water partition coefficient (Wildman–Crippen LogP) is 0.0385. The van der Waals surface area contributed by atoms with Gasteiger partial charge in [0.05, 0.1) is 6.54 Å². The van der Waals surface area contributed by atoms with Crippen molar-refractivity contribution in [2.75, 3.05) is 6.54 Å². The first kappa shape index (κ1) is 13.9. The Kier molecular flexibility index (Phi) is 4.64. The molecule has 0 unspecified atom stereocenters. The van der Waals surface area contributed by atoms with E-state index in [1.165, 1.54) is 0 Å². The third-order valence-electron chi connectivity index (χ3n) is 2.12. The van der Waals surface area contributed by atoms with E-state index in [1.54, 1.807) is 6.92 Å². The molecule has 4 N–H and O–H groups in total. The monoisotopic (exact) mass is 255 g/mol. The van der Waals surface area contributed by atoms with E-state index in [1.807, 2.05) is 13.8 Å². The van der Waals surface area contributed by atoms with Crippen LogP contribution in [0.3, 0.4) is 0 Å². The number of primary amides is 1. The number of hydrogen-bond donors (Lipinski definition) is 3. The molecular formula is C10H17N5O3. The van der Waals surface area contributed by atoms with E-state index in [4.69, 9.17) is 10.2 Å². The second-order valence-corrected chi connectivity index (χ2v) is 4.14. The quantitative estimate of drug-likeness (QED) is 0.685. The first-order valence-corrected chi connectivity index (χ1v) is 5.56. The number of rotatable bonds is 5. The Morgan fingerprint density at radius 1 is 1.28 bits per heavy atom. The van der Waals surface area contributed by atoms with Crippen LogP contribution in [0.1, 0.15) is 44.5 Å². The SMILES string of the molecule is CC(C)c1nnc([C@H](C)NC(=O)CNC(N)=O)o1. The molecule has 1 aromatic rings. The molecule has 0 fully saturated rings. The van der Waals surface area contributed by atoms with E-state index < -0.39 is 12.1 Å². The van der Waals surface area contributed by atoms with Crippen LogP contribution in [-0.2, 0) is 4.79 Å². The van der Waals surface area contributed by atoms with E-state index in [-0.39, 0.29) is 18.4 Å². The van der Waals surface area contributed by atoms with E-state index in [0.29, 0.717) is 11.8 Å². The van der Waals surface area contributed by atoms with Gasteiger partial charge < -0.3 is 20.8 Å². The topological polar surface area (TPSA) is 123 Å². The second kappa shape index (κ2) is 5.99. The summed E-state index contributed by atoms with van der Waals surface area (Å²) in [5.41, 5.74) is 4.85. The highest BCUT2D eigenvalue weighted by Gasteiger charge is 2.17. The minimum absolute atomic E-state index is 0.130. The fourth-order valence-electron chi connectivity index (χ4n) is 1.18. The molecule has 0 spiro atoms. The number of amides is 3. The standard InChI is InChI=1S/C10H17N5O3/c1-5(2)8-14-15-9(18-8)6(3)13-7(16)4-12-10(11)17/h5-6H,4H2,1-3H3,(H,13,16)(H3,11,12,17)/t6-/m0/s1. The van der Waals surface area contributed by atoms with Crippen LogP contribution in [0.15, 0.2) is 4.42 Å². The molecule has 8 heteroatoms. The van der Waals surface area contributed by atoms with E-state index in [0.717, 1.165) is 0 Å². The van der Waals surface area contributed by atoms with Crippen LogP contribution < -0.4 is 16.4 Å². The third-order valence-corrected chi connectivity index (χ3v) is 2.12. The average molecular weight is 255 g/mol. The van der Waals surface area contributed by atoms with Crippen LogP contribution in [0.25, 0.3) is 0 Å². The van der Waals surface area contributed by atoms with Gasteiger partial charge in [-0.2, -0.15) is 0 Å². The Morgan fingerprint density at radius 2 is 1.89 bits per heavy atom. The van der Waals surface area contributed by atoms with Crippen molar-refractivity contribution in [3.8, 4) is 0 Å². The summed E-state index contributed by atoms with van der Waals surface area (Å²) in [4.78, 5) is 21.8. The minimum atomic E-state index is -0.752. The van der Waals surface area contributed by atoms with Crippen LogP contribution >= 0.6 is 0 Å². The Morgan fingerprint density at radius 3 is 2.39 bits per heavy atom. The number of nitrogens with two attached hydrogens (primary N) is 1. The Labute approximate surface area is 104 Å². The fraction of sp³-hybridized carbons (Fsp3) is 0.600. The second-order valence-electron chi connectivity index (χ2n) is 4.14. The Bertz CT molecular complexity index is 429. The molecule has 0 saturated carbocycles. The van der Waals surface area contributed by atoms with Crippen molar-refractivity contribution in [3.63, 3.8) is 0 Å². The number of aromatic nitrogens is 2.